The molecule has 4 nitrogen and oxygen atoms in total. The fraction of sp³-hybridized carbons (Fsp3) is 0.385. The average Bonchev–Trinajstić information content (AvgIpc) is 2.26. The molecule has 1 aromatic rings. The molecule has 0 heterocycles. The molecule has 17 heavy (non-hydrogen) atoms. The number of hydrogen-bond donors (Lipinski definition) is 1. The van der Waals surface area contributed by atoms with Gasteiger partial charge in [0, 0.05) is 12.8 Å². The van der Waals surface area contributed by atoms with Crippen molar-refractivity contribution in [3.8, 4) is 5.75 Å². The fourth-order valence-electron chi connectivity index (χ4n) is 1.48. The van der Waals surface area contributed by atoms with Crippen LogP contribution in [0, 0.1) is 0 Å². The first-order chi connectivity index (χ1) is 7.91. The van der Waals surface area contributed by atoms with Gasteiger partial charge in [0.15, 0.2) is 5.78 Å². The Labute approximate surface area is 100 Å². The Morgan fingerprint density at radius 3 is 2.53 bits per heavy atom. The van der Waals surface area contributed by atoms with Crippen molar-refractivity contribution in [2.45, 2.75) is 26.7 Å². The molecule has 0 aromatic heterocycles. The molecule has 1 unspecified atom stereocenters. The summed E-state index contributed by atoms with van der Waals surface area (Å²) in [5.41, 5.74) is 1.14. The predicted molar refractivity (Wildman–Crippen MR) is 63.2 cm³/mol. The molecule has 1 aromatic carbocycles. The number of aromatic hydroxyl groups is 1. The van der Waals surface area contributed by atoms with Gasteiger partial charge in [-0.3, -0.25) is 9.59 Å². The van der Waals surface area contributed by atoms with Crippen LogP contribution in [0.25, 0.3) is 0 Å². The summed E-state index contributed by atoms with van der Waals surface area (Å²) in [6.07, 6.45) is 0. The summed E-state index contributed by atoms with van der Waals surface area (Å²) in [5, 5.41) is 9.50. The molecule has 92 valence electrons. The van der Waals surface area contributed by atoms with E-state index >= 15 is 0 Å². The van der Waals surface area contributed by atoms with Crippen LogP contribution in [0.15, 0.2) is 18.2 Å². The van der Waals surface area contributed by atoms with Crippen LogP contribution in [-0.2, 0) is 9.53 Å². The molecule has 0 spiro atoms. The molecule has 0 aliphatic carbocycles. The maximum atomic E-state index is 11.3. The monoisotopic (exact) mass is 236 g/mol. The molecule has 0 radical (unpaired) electrons. The Morgan fingerprint density at radius 2 is 2.00 bits per heavy atom. The lowest BCUT2D eigenvalue weighted by Crippen LogP contribution is -2.08. The van der Waals surface area contributed by atoms with Gasteiger partial charge in [0.25, 0.3) is 0 Å². The number of carbonyl (C=O) groups is 2. The van der Waals surface area contributed by atoms with Crippen molar-refractivity contribution in [1.82, 2.24) is 0 Å². The minimum Gasteiger partial charge on any atom is -0.507 e. The molecule has 1 rings (SSSR count). The maximum Gasteiger partial charge on any atom is 0.302 e. The number of phenols is 1. The van der Waals surface area contributed by atoms with Gasteiger partial charge >= 0.3 is 5.97 Å². The van der Waals surface area contributed by atoms with Crippen LogP contribution in [-0.4, -0.2) is 23.5 Å². The highest BCUT2D eigenvalue weighted by molar-refractivity contribution is 5.96. The molecule has 0 saturated heterocycles. The number of esters is 1. The van der Waals surface area contributed by atoms with Crippen molar-refractivity contribution < 1.29 is 19.4 Å². The molecular formula is C13H16O4. The van der Waals surface area contributed by atoms with Gasteiger partial charge in [-0.15, -0.1) is 0 Å². The van der Waals surface area contributed by atoms with Crippen molar-refractivity contribution >= 4 is 11.8 Å². The van der Waals surface area contributed by atoms with E-state index in [0.29, 0.717) is 0 Å². The minimum atomic E-state index is -0.331. The van der Waals surface area contributed by atoms with Crippen LogP contribution in [0.2, 0.25) is 0 Å². The van der Waals surface area contributed by atoms with E-state index in [1.165, 1.54) is 19.9 Å². The van der Waals surface area contributed by atoms with Crippen molar-refractivity contribution in [1.29, 1.82) is 0 Å². The molecule has 0 amide bonds. The zero-order valence-electron chi connectivity index (χ0n) is 10.2. The van der Waals surface area contributed by atoms with Crippen LogP contribution < -0.4 is 0 Å². The smallest absolute Gasteiger partial charge is 0.302 e. The van der Waals surface area contributed by atoms with E-state index in [2.05, 4.69) is 0 Å². The zero-order valence-corrected chi connectivity index (χ0v) is 10.2. The first-order valence-corrected chi connectivity index (χ1v) is 5.39. The zero-order chi connectivity index (χ0) is 13.0. The van der Waals surface area contributed by atoms with Crippen molar-refractivity contribution in [3.63, 3.8) is 0 Å². The molecule has 0 fully saturated rings. The van der Waals surface area contributed by atoms with Crippen LogP contribution in [0.3, 0.4) is 0 Å². The summed E-state index contributed by atoms with van der Waals surface area (Å²) >= 11 is 0. The lowest BCUT2D eigenvalue weighted by Gasteiger charge is -2.13. The van der Waals surface area contributed by atoms with E-state index in [-0.39, 0.29) is 35.6 Å². The Morgan fingerprint density at radius 1 is 1.35 bits per heavy atom. The number of carbonyl (C=O) groups excluding carboxylic acids is 2. The number of phenolic OH excluding ortho intramolecular Hbond substituents is 1. The number of benzene rings is 1. The highest BCUT2D eigenvalue weighted by atomic mass is 16.5. The Hall–Kier alpha value is -1.84. The summed E-state index contributed by atoms with van der Waals surface area (Å²) in [5.74, 6) is -0.565. The Kier molecular flexibility index (Phi) is 4.26. The van der Waals surface area contributed by atoms with Gasteiger partial charge in [-0.05, 0) is 24.6 Å². The van der Waals surface area contributed by atoms with Gasteiger partial charge in [-0.1, -0.05) is 13.0 Å². The van der Waals surface area contributed by atoms with E-state index in [0.717, 1.165) is 5.56 Å². The molecule has 1 atom stereocenters. The van der Waals surface area contributed by atoms with Crippen LogP contribution in [0.1, 0.15) is 42.6 Å². The summed E-state index contributed by atoms with van der Waals surface area (Å²) in [6, 6.07) is 4.83. The second-order valence-electron chi connectivity index (χ2n) is 4.04. The number of ketones is 1. The quantitative estimate of drug-likeness (QED) is 0.643. The van der Waals surface area contributed by atoms with E-state index in [9.17, 15) is 14.7 Å². The Bertz CT molecular complexity index is 437. The van der Waals surface area contributed by atoms with Gasteiger partial charge in [-0.2, -0.15) is 0 Å². The van der Waals surface area contributed by atoms with E-state index in [4.69, 9.17) is 4.74 Å². The second kappa shape index (κ2) is 5.48. The maximum absolute atomic E-state index is 11.3. The lowest BCUT2D eigenvalue weighted by molar-refractivity contribution is -0.141. The SMILES string of the molecule is CC(=O)OCC(C)c1ccc(O)c(C(C)=O)c1. The van der Waals surface area contributed by atoms with Gasteiger partial charge in [0.05, 0.1) is 12.2 Å². The summed E-state index contributed by atoms with van der Waals surface area (Å²) in [6.45, 7) is 4.90. The lowest BCUT2D eigenvalue weighted by atomic mass is 9.98. The molecule has 0 saturated carbocycles. The van der Waals surface area contributed by atoms with Gasteiger partial charge < -0.3 is 9.84 Å². The first-order valence-electron chi connectivity index (χ1n) is 5.39. The topological polar surface area (TPSA) is 63.6 Å². The third kappa shape index (κ3) is 3.59. The molecule has 1 N–H and O–H groups in total. The molecule has 0 aliphatic rings. The minimum absolute atomic E-state index is 0.0161. The van der Waals surface area contributed by atoms with Crippen LogP contribution >= 0.6 is 0 Å². The van der Waals surface area contributed by atoms with Gasteiger partial charge in [0.2, 0.25) is 0 Å². The second-order valence-corrected chi connectivity index (χ2v) is 4.04. The predicted octanol–water partition coefficient (Wildman–Crippen LogP) is 2.26. The molecule has 4 heteroatoms. The van der Waals surface area contributed by atoms with Gasteiger partial charge in [-0.25, -0.2) is 0 Å². The summed E-state index contributed by atoms with van der Waals surface area (Å²) in [7, 11) is 0. The number of rotatable bonds is 4. The Balaban J connectivity index is 2.87. The highest BCUT2D eigenvalue weighted by Crippen LogP contribution is 2.24. The van der Waals surface area contributed by atoms with Crippen molar-refractivity contribution in [3.05, 3.63) is 29.3 Å². The highest BCUT2D eigenvalue weighted by Gasteiger charge is 2.12. The first kappa shape index (κ1) is 13.2. The third-order valence-corrected chi connectivity index (χ3v) is 2.51. The summed E-state index contributed by atoms with van der Waals surface area (Å²) in [4.78, 5) is 22.0. The number of hydrogen-bond acceptors (Lipinski definition) is 4. The van der Waals surface area contributed by atoms with E-state index < -0.39 is 0 Å². The normalized spacial score (nSPS) is 11.9. The number of Topliss-reactive ketones (excluding diaryl/α,β-unsaturated/α-hetero) is 1. The largest absolute Gasteiger partial charge is 0.507 e. The molecule has 0 bridgehead atoms. The van der Waals surface area contributed by atoms with E-state index in [1.807, 2.05) is 6.92 Å². The van der Waals surface area contributed by atoms with E-state index in [1.54, 1.807) is 12.1 Å². The third-order valence-electron chi connectivity index (χ3n) is 2.51. The van der Waals surface area contributed by atoms with Crippen molar-refractivity contribution in [2.75, 3.05) is 6.61 Å². The van der Waals surface area contributed by atoms with Crippen LogP contribution in [0.5, 0.6) is 5.75 Å². The molecule has 0 aliphatic heterocycles. The average molecular weight is 236 g/mol. The van der Waals surface area contributed by atoms with Crippen LogP contribution in [0.4, 0.5) is 0 Å². The number of ether oxygens (including phenoxy) is 1. The van der Waals surface area contributed by atoms with Gasteiger partial charge in [0.1, 0.15) is 5.75 Å². The van der Waals surface area contributed by atoms with Crippen molar-refractivity contribution in [2.24, 2.45) is 0 Å². The fourth-order valence-corrected chi connectivity index (χ4v) is 1.48. The molecular weight excluding hydrogens is 220 g/mol. The standard InChI is InChI=1S/C13H16O4/c1-8(7-17-10(3)15)11-4-5-13(16)12(6-11)9(2)14/h4-6,8,16H,7H2,1-3H3. The summed E-state index contributed by atoms with van der Waals surface area (Å²) < 4.78 is 4.90.